The number of carbonyl (C=O) groups is 1. The number of hydrogen-bond acceptors (Lipinski definition) is 6. The number of nitrogens with zero attached hydrogens (tertiary/aromatic N) is 1. The number of ether oxygens (including phenoxy) is 1. The molecule has 10 heteroatoms. The van der Waals surface area contributed by atoms with Crippen molar-refractivity contribution in [2.45, 2.75) is 44.4 Å². The Kier molecular flexibility index (Phi) is 8.31. The molecule has 9 nitrogen and oxygen atoms in total. The summed E-state index contributed by atoms with van der Waals surface area (Å²) in [5.74, 6) is -0.0940. The molecular weight excluding hydrogens is 410 g/mol. The number of nitro groups is 1. The molecule has 0 aromatic heterocycles. The molecule has 2 rings (SSSR count). The van der Waals surface area contributed by atoms with Crippen LogP contribution in [0.15, 0.2) is 47.4 Å². The maximum atomic E-state index is 12.5. The van der Waals surface area contributed by atoms with Crippen molar-refractivity contribution in [1.29, 1.82) is 0 Å². The standard InChI is InChI=1S/C20H25N3O6S/c1-3-4-5-6-14-29-17-12-10-16(11-13-17)20(24)21-22-30(27,28)19-15(2)8-7-9-18(19)23(25)26/h7-13,22H,3-6,14H2,1-2H3,(H,21,24). The third kappa shape index (κ3) is 6.26. The van der Waals surface area contributed by atoms with Crippen molar-refractivity contribution in [1.82, 2.24) is 10.3 Å². The molecule has 0 atom stereocenters. The molecule has 2 aromatic carbocycles. The lowest BCUT2D eigenvalue weighted by Crippen LogP contribution is -2.41. The molecule has 0 heterocycles. The fraction of sp³-hybridized carbons (Fsp3) is 0.350. The normalized spacial score (nSPS) is 11.1. The van der Waals surface area contributed by atoms with Crippen molar-refractivity contribution in [2.75, 3.05) is 6.61 Å². The minimum atomic E-state index is -4.35. The highest BCUT2D eigenvalue weighted by atomic mass is 32.2. The number of carbonyl (C=O) groups excluding carboxylic acids is 1. The lowest BCUT2D eigenvalue weighted by Gasteiger charge is -2.11. The zero-order valence-electron chi connectivity index (χ0n) is 16.9. The summed E-state index contributed by atoms with van der Waals surface area (Å²) >= 11 is 0. The lowest BCUT2D eigenvalue weighted by molar-refractivity contribution is -0.387. The van der Waals surface area contributed by atoms with Crippen LogP contribution in [0.4, 0.5) is 5.69 Å². The average molecular weight is 436 g/mol. The first kappa shape index (κ1) is 23.3. The number of amides is 1. The maximum Gasteiger partial charge on any atom is 0.289 e. The van der Waals surface area contributed by atoms with Gasteiger partial charge in [-0.3, -0.25) is 20.3 Å². The molecule has 162 valence electrons. The van der Waals surface area contributed by atoms with Gasteiger partial charge in [0.25, 0.3) is 21.6 Å². The van der Waals surface area contributed by atoms with Gasteiger partial charge >= 0.3 is 0 Å². The van der Waals surface area contributed by atoms with Crippen molar-refractivity contribution in [3.63, 3.8) is 0 Å². The Labute approximate surface area is 175 Å². The third-order valence-electron chi connectivity index (χ3n) is 4.34. The molecule has 0 fully saturated rings. The highest BCUT2D eigenvalue weighted by molar-refractivity contribution is 7.89. The molecule has 0 spiro atoms. The third-order valence-corrected chi connectivity index (χ3v) is 5.78. The van der Waals surface area contributed by atoms with Crippen LogP contribution in [0.2, 0.25) is 0 Å². The first-order valence-electron chi connectivity index (χ1n) is 9.55. The van der Waals surface area contributed by atoms with E-state index >= 15 is 0 Å². The number of hydrogen-bond donors (Lipinski definition) is 2. The summed E-state index contributed by atoms with van der Waals surface area (Å²) in [6, 6.07) is 10.2. The Hall–Kier alpha value is -2.98. The number of nitro benzene ring substituents is 1. The van der Waals surface area contributed by atoms with Crippen molar-refractivity contribution in [2.24, 2.45) is 0 Å². The average Bonchev–Trinajstić information content (AvgIpc) is 2.72. The summed E-state index contributed by atoms with van der Waals surface area (Å²) in [4.78, 5) is 24.0. The lowest BCUT2D eigenvalue weighted by atomic mass is 10.2. The second-order valence-corrected chi connectivity index (χ2v) is 8.29. The molecule has 0 aliphatic heterocycles. The van der Waals surface area contributed by atoms with Gasteiger partial charge in [0.05, 0.1) is 11.5 Å². The quantitative estimate of drug-likeness (QED) is 0.316. The molecular formula is C20H25N3O6S. The van der Waals surface area contributed by atoms with E-state index in [0.29, 0.717) is 12.4 Å². The molecule has 0 unspecified atom stereocenters. The number of benzene rings is 2. The van der Waals surface area contributed by atoms with Gasteiger partial charge in [0.15, 0.2) is 4.90 Å². The van der Waals surface area contributed by atoms with E-state index in [1.165, 1.54) is 31.2 Å². The Bertz CT molecular complexity index is 990. The Balaban J connectivity index is 1.99. The van der Waals surface area contributed by atoms with E-state index < -0.39 is 31.4 Å². The first-order valence-corrected chi connectivity index (χ1v) is 11.0. The van der Waals surface area contributed by atoms with Gasteiger partial charge < -0.3 is 4.74 Å². The molecule has 2 aromatic rings. The molecule has 0 aliphatic rings. The molecule has 0 bridgehead atoms. The van der Waals surface area contributed by atoms with Gasteiger partial charge in [-0.05, 0) is 43.2 Å². The summed E-state index contributed by atoms with van der Waals surface area (Å²) < 4.78 is 30.6. The van der Waals surface area contributed by atoms with Gasteiger partial charge in [-0.25, -0.2) is 8.42 Å². The first-order chi connectivity index (χ1) is 14.3. The monoisotopic (exact) mass is 435 g/mol. The number of unbranched alkanes of at least 4 members (excludes halogenated alkanes) is 3. The Morgan fingerprint density at radius 1 is 1.10 bits per heavy atom. The van der Waals surface area contributed by atoms with Gasteiger partial charge in [0.1, 0.15) is 5.75 Å². The summed E-state index contributed by atoms with van der Waals surface area (Å²) in [7, 11) is -4.35. The van der Waals surface area contributed by atoms with Crippen LogP contribution in [0.5, 0.6) is 5.75 Å². The molecule has 0 saturated heterocycles. The predicted molar refractivity (Wildman–Crippen MR) is 112 cm³/mol. The molecule has 0 aliphatic carbocycles. The summed E-state index contributed by atoms with van der Waals surface area (Å²) in [5.41, 5.74) is 1.89. The Morgan fingerprint density at radius 2 is 1.80 bits per heavy atom. The van der Waals surface area contributed by atoms with Crippen LogP contribution in [-0.4, -0.2) is 25.9 Å². The minimum Gasteiger partial charge on any atom is -0.494 e. The summed E-state index contributed by atoms with van der Waals surface area (Å²) in [6.45, 7) is 4.15. The zero-order valence-corrected chi connectivity index (χ0v) is 17.7. The van der Waals surface area contributed by atoms with Gasteiger partial charge in [0, 0.05) is 11.6 Å². The fourth-order valence-corrected chi connectivity index (χ4v) is 4.03. The SMILES string of the molecule is CCCCCCOc1ccc(C(=O)NNS(=O)(=O)c2c(C)cccc2[N+](=O)[O-])cc1. The van der Waals surface area contributed by atoms with Crippen molar-refractivity contribution < 1.29 is 22.9 Å². The predicted octanol–water partition coefficient (Wildman–Crippen LogP) is 3.49. The van der Waals surface area contributed by atoms with E-state index in [2.05, 4.69) is 12.3 Å². The molecule has 1 amide bonds. The van der Waals surface area contributed by atoms with Gasteiger partial charge in [-0.15, -0.1) is 4.83 Å². The smallest absolute Gasteiger partial charge is 0.289 e. The van der Waals surface area contributed by atoms with Gasteiger partial charge in [-0.1, -0.05) is 38.3 Å². The van der Waals surface area contributed by atoms with Gasteiger partial charge in [-0.2, -0.15) is 0 Å². The fourth-order valence-electron chi connectivity index (χ4n) is 2.79. The van der Waals surface area contributed by atoms with Crippen molar-refractivity contribution >= 4 is 21.6 Å². The van der Waals surface area contributed by atoms with E-state index in [1.807, 2.05) is 4.83 Å². The highest BCUT2D eigenvalue weighted by Crippen LogP contribution is 2.26. The van der Waals surface area contributed by atoms with Crippen molar-refractivity contribution in [3.8, 4) is 5.75 Å². The van der Waals surface area contributed by atoms with Crippen LogP contribution in [0, 0.1) is 17.0 Å². The van der Waals surface area contributed by atoms with Gasteiger partial charge in [0.2, 0.25) is 0 Å². The molecule has 2 N–H and O–H groups in total. The molecule has 0 radical (unpaired) electrons. The van der Waals surface area contributed by atoms with E-state index in [4.69, 9.17) is 4.74 Å². The van der Waals surface area contributed by atoms with Crippen LogP contribution in [0.3, 0.4) is 0 Å². The summed E-state index contributed by atoms with van der Waals surface area (Å²) in [6.07, 6.45) is 4.34. The largest absolute Gasteiger partial charge is 0.494 e. The summed E-state index contributed by atoms with van der Waals surface area (Å²) in [5, 5.41) is 11.2. The van der Waals surface area contributed by atoms with E-state index in [9.17, 15) is 23.3 Å². The number of aryl methyl sites for hydroxylation is 1. The second-order valence-electron chi connectivity index (χ2n) is 6.67. The van der Waals surface area contributed by atoms with E-state index in [1.54, 1.807) is 12.1 Å². The van der Waals surface area contributed by atoms with Crippen LogP contribution >= 0.6 is 0 Å². The van der Waals surface area contributed by atoms with Crippen LogP contribution < -0.4 is 15.0 Å². The zero-order chi connectivity index (χ0) is 22.1. The Morgan fingerprint density at radius 3 is 2.43 bits per heavy atom. The second kappa shape index (κ2) is 10.7. The van der Waals surface area contributed by atoms with E-state index in [-0.39, 0.29) is 11.1 Å². The number of sulfonamides is 1. The topological polar surface area (TPSA) is 128 Å². The highest BCUT2D eigenvalue weighted by Gasteiger charge is 2.28. The van der Waals surface area contributed by atoms with Crippen LogP contribution in [-0.2, 0) is 10.0 Å². The van der Waals surface area contributed by atoms with E-state index in [0.717, 1.165) is 31.7 Å². The maximum absolute atomic E-state index is 12.5. The number of hydrazine groups is 1. The molecule has 0 saturated carbocycles. The van der Waals surface area contributed by atoms with Crippen molar-refractivity contribution in [3.05, 3.63) is 63.7 Å². The van der Waals surface area contributed by atoms with Crippen LogP contribution in [0.1, 0.15) is 48.5 Å². The number of rotatable bonds is 11. The van der Waals surface area contributed by atoms with Crippen LogP contribution in [0.25, 0.3) is 0 Å². The minimum absolute atomic E-state index is 0.186. The number of nitrogens with one attached hydrogen (secondary N) is 2. The molecule has 30 heavy (non-hydrogen) atoms.